The quantitative estimate of drug-likeness (QED) is 0.798. The van der Waals surface area contributed by atoms with E-state index in [1.165, 1.54) is 4.90 Å². The maximum absolute atomic E-state index is 11.7. The number of hydrogen-bond acceptors (Lipinski definition) is 3. The molecule has 4 nitrogen and oxygen atoms in total. The summed E-state index contributed by atoms with van der Waals surface area (Å²) in [5.74, 6) is -2.09. The van der Waals surface area contributed by atoms with Gasteiger partial charge in [-0.25, -0.2) is 0 Å². The van der Waals surface area contributed by atoms with Crippen LogP contribution in [0.3, 0.4) is 0 Å². The Bertz CT molecular complexity index is 490. The summed E-state index contributed by atoms with van der Waals surface area (Å²) in [7, 11) is 0. The van der Waals surface area contributed by atoms with Gasteiger partial charge in [0.2, 0.25) is 5.91 Å². The first-order valence-corrected chi connectivity index (χ1v) is 6.54. The highest BCUT2D eigenvalue weighted by molar-refractivity contribution is 9.11. The highest BCUT2D eigenvalue weighted by atomic mass is 79.9. The zero-order chi connectivity index (χ0) is 12.6. The summed E-state index contributed by atoms with van der Waals surface area (Å²) in [6.45, 7) is 0.168. The SMILES string of the molecule is O=C([O-])[C@H]1CC(=O)N(c2ccc(Br)cc2Br)C1. The third kappa shape index (κ3) is 2.52. The number of amides is 1. The number of aliphatic carboxylic acids is 1. The van der Waals surface area contributed by atoms with Gasteiger partial charge in [0.15, 0.2) is 0 Å². The molecule has 0 N–H and O–H groups in total. The summed E-state index contributed by atoms with van der Waals surface area (Å²) in [5.41, 5.74) is 0.682. The molecule has 90 valence electrons. The van der Waals surface area contributed by atoms with Crippen molar-refractivity contribution >= 4 is 49.4 Å². The van der Waals surface area contributed by atoms with Crippen LogP contribution in [0.4, 0.5) is 5.69 Å². The number of anilines is 1. The zero-order valence-corrected chi connectivity index (χ0v) is 11.8. The molecule has 1 aliphatic rings. The van der Waals surface area contributed by atoms with Crippen molar-refractivity contribution in [3.05, 3.63) is 27.1 Å². The van der Waals surface area contributed by atoms with Gasteiger partial charge in [-0.3, -0.25) is 4.79 Å². The number of hydrogen-bond donors (Lipinski definition) is 0. The molecule has 0 aliphatic carbocycles. The second-order valence-electron chi connectivity index (χ2n) is 3.82. The van der Waals surface area contributed by atoms with Gasteiger partial charge in [-0.05, 0) is 34.1 Å². The first kappa shape index (κ1) is 12.6. The van der Waals surface area contributed by atoms with Gasteiger partial charge in [0, 0.05) is 33.8 Å². The van der Waals surface area contributed by atoms with Gasteiger partial charge < -0.3 is 14.8 Å². The molecule has 1 heterocycles. The van der Waals surface area contributed by atoms with Gasteiger partial charge in [0.1, 0.15) is 0 Å². The Morgan fingerprint density at radius 1 is 1.41 bits per heavy atom. The molecule has 0 aromatic heterocycles. The number of benzene rings is 1. The largest absolute Gasteiger partial charge is 0.550 e. The lowest BCUT2D eigenvalue weighted by molar-refractivity contribution is -0.310. The second-order valence-corrected chi connectivity index (χ2v) is 5.59. The fraction of sp³-hybridized carbons (Fsp3) is 0.273. The van der Waals surface area contributed by atoms with Crippen LogP contribution in [0.5, 0.6) is 0 Å². The summed E-state index contributed by atoms with van der Waals surface area (Å²) >= 11 is 6.67. The normalized spacial score (nSPS) is 19.8. The molecule has 1 fully saturated rings. The van der Waals surface area contributed by atoms with E-state index in [4.69, 9.17) is 0 Å². The summed E-state index contributed by atoms with van der Waals surface area (Å²) in [6.07, 6.45) is 0.00480. The van der Waals surface area contributed by atoms with E-state index in [-0.39, 0.29) is 18.9 Å². The fourth-order valence-electron chi connectivity index (χ4n) is 1.80. The van der Waals surface area contributed by atoms with Crippen LogP contribution in [0.1, 0.15) is 6.42 Å². The van der Waals surface area contributed by atoms with Crippen molar-refractivity contribution in [3.8, 4) is 0 Å². The number of nitrogens with zero attached hydrogens (tertiary/aromatic N) is 1. The first-order valence-electron chi connectivity index (χ1n) is 4.95. The molecule has 0 saturated carbocycles. The minimum absolute atomic E-state index is 0.00480. The van der Waals surface area contributed by atoms with Gasteiger partial charge in [-0.15, -0.1) is 0 Å². The smallest absolute Gasteiger partial charge is 0.227 e. The Labute approximate surface area is 115 Å². The average molecular weight is 362 g/mol. The molecule has 1 aromatic rings. The van der Waals surface area contributed by atoms with Crippen LogP contribution in [0.15, 0.2) is 27.1 Å². The van der Waals surface area contributed by atoms with E-state index in [0.29, 0.717) is 5.69 Å². The molecule has 1 aromatic carbocycles. The van der Waals surface area contributed by atoms with Gasteiger partial charge in [-0.1, -0.05) is 15.9 Å². The average Bonchev–Trinajstić information content (AvgIpc) is 2.61. The number of carboxylic acid groups (broad SMARTS) is 1. The summed E-state index contributed by atoms with van der Waals surface area (Å²) in [5, 5.41) is 10.8. The van der Waals surface area contributed by atoms with Gasteiger partial charge in [-0.2, -0.15) is 0 Å². The van der Waals surface area contributed by atoms with Crippen LogP contribution >= 0.6 is 31.9 Å². The van der Waals surface area contributed by atoms with E-state index >= 15 is 0 Å². The third-order valence-corrected chi connectivity index (χ3v) is 3.79. The van der Waals surface area contributed by atoms with Crippen molar-refractivity contribution in [2.45, 2.75) is 6.42 Å². The lowest BCUT2D eigenvalue weighted by Gasteiger charge is -2.18. The highest BCUT2D eigenvalue weighted by Crippen LogP contribution is 2.33. The van der Waals surface area contributed by atoms with Crippen molar-refractivity contribution < 1.29 is 14.7 Å². The first-order chi connectivity index (χ1) is 7.99. The lowest BCUT2D eigenvalue weighted by Crippen LogP contribution is -2.33. The van der Waals surface area contributed by atoms with E-state index in [2.05, 4.69) is 31.9 Å². The molecule has 1 atom stereocenters. The van der Waals surface area contributed by atoms with Crippen molar-refractivity contribution in [2.75, 3.05) is 11.4 Å². The van der Waals surface area contributed by atoms with Gasteiger partial charge >= 0.3 is 0 Å². The van der Waals surface area contributed by atoms with Crippen molar-refractivity contribution in [1.82, 2.24) is 0 Å². The van der Waals surface area contributed by atoms with E-state index in [1.807, 2.05) is 6.07 Å². The molecule has 6 heteroatoms. The maximum atomic E-state index is 11.7. The van der Waals surface area contributed by atoms with Crippen molar-refractivity contribution in [1.29, 1.82) is 0 Å². The molecule has 0 unspecified atom stereocenters. The van der Waals surface area contributed by atoms with Gasteiger partial charge in [0.05, 0.1) is 5.69 Å². The highest BCUT2D eigenvalue weighted by Gasteiger charge is 2.32. The minimum Gasteiger partial charge on any atom is -0.550 e. The summed E-state index contributed by atoms with van der Waals surface area (Å²) < 4.78 is 1.63. The molecular weight excluding hydrogens is 354 g/mol. The summed E-state index contributed by atoms with van der Waals surface area (Å²) in [4.78, 5) is 24.0. The Morgan fingerprint density at radius 2 is 2.12 bits per heavy atom. The predicted molar refractivity (Wildman–Crippen MR) is 67.3 cm³/mol. The number of rotatable bonds is 2. The van der Waals surface area contributed by atoms with Crippen LogP contribution in [-0.2, 0) is 9.59 Å². The standard InChI is InChI=1S/C11H9Br2NO3/c12-7-1-2-9(8(13)4-7)14-5-6(11(16)17)3-10(14)15/h1-2,4,6H,3,5H2,(H,16,17)/p-1/t6-/m0/s1. The Hall–Kier alpha value is -0.880. The molecule has 17 heavy (non-hydrogen) atoms. The Morgan fingerprint density at radius 3 is 2.65 bits per heavy atom. The number of carboxylic acids is 1. The fourth-order valence-corrected chi connectivity index (χ4v) is 3.06. The molecule has 0 spiro atoms. The van der Waals surface area contributed by atoms with E-state index in [9.17, 15) is 14.7 Å². The second kappa shape index (κ2) is 4.78. The van der Waals surface area contributed by atoms with Crippen LogP contribution in [0.2, 0.25) is 0 Å². The maximum Gasteiger partial charge on any atom is 0.227 e. The molecule has 1 aliphatic heterocycles. The lowest BCUT2D eigenvalue weighted by atomic mass is 10.1. The van der Waals surface area contributed by atoms with Crippen LogP contribution in [0, 0.1) is 5.92 Å². The molecule has 1 amide bonds. The number of carbonyl (C=O) groups excluding carboxylic acids is 2. The minimum atomic E-state index is -1.17. The molecular formula is C11H8Br2NO3-. The summed E-state index contributed by atoms with van der Waals surface area (Å²) in [6, 6.07) is 5.39. The monoisotopic (exact) mass is 360 g/mol. The molecule has 2 rings (SSSR count). The van der Waals surface area contributed by atoms with Crippen molar-refractivity contribution in [3.63, 3.8) is 0 Å². The topological polar surface area (TPSA) is 60.4 Å². The Kier molecular flexibility index (Phi) is 3.53. The van der Waals surface area contributed by atoms with E-state index in [0.717, 1.165) is 8.95 Å². The van der Waals surface area contributed by atoms with Gasteiger partial charge in [0.25, 0.3) is 0 Å². The Balaban J connectivity index is 2.29. The van der Waals surface area contributed by atoms with Crippen molar-refractivity contribution in [2.24, 2.45) is 5.92 Å². The predicted octanol–water partition coefficient (Wildman–Crippen LogP) is 1.31. The number of carbonyl (C=O) groups is 2. The third-order valence-electron chi connectivity index (χ3n) is 2.66. The molecule has 1 saturated heterocycles. The van der Waals surface area contributed by atoms with Crippen LogP contribution < -0.4 is 10.0 Å². The molecule has 0 radical (unpaired) electrons. The molecule has 0 bridgehead atoms. The van der Waals surface area contributed by atoms with E-state index < -0.39 is 11.9 Å². The zero-order valence-electron chi connectivity index (χ0n) is 8.65. The van der Waals surface area contributed by atoms with Crippen LogP contribution in [-0.4, -0.2) is 18.4 Å². The van der Waals surface area contributed by atoms with E-state index in [1.54, 1.807) is 12.1 Å². The number of halogens is 2. The van der Waals surface area contributed by atoms with Crippen LogP contribution in [0.25, 0.3) is 0 Å².